The second kappa shape index (κ2) is 11.3. The first-order valence-corrected chi connectivity index (χ1v) is 14.3. The lowest BCUT2D eigenvalue weighted by atomic mass is 9.80. The average Bonchev–Trinajstić information content (AvgIpc) is 3.33. The summed E-state index contributed by atoms with van der Waals surface area (Å²) in [5.41, 5.74) is -0.726. The van der Waals surface area contributed by atoms with Crippen LogP contribution in [0.25, 0.3) is 0 Å². The standard InChI is InChI=1S/C29H27FN2O7S/c1-40(35,36)39-24-17-26(32-18-23(30)27(33)31-28(32)34)38-25(24)19-37-29(20-11-5-2-6-12-20,21-13-7-3-8-14-21)22-15-9-4-10-16-22/h2-16,18,24-26H,17,19H2,1H3,(H,31,33,34)/t24-,25+,26+/m0/s1. The van der Waals surface area contributed by atoms with Gasteiger partial charge < -0.3 is 9.47 Å². The van der Waals surface area contributed by atoms with Crippen molar-refractivity contribution in [3.05, 3.63) is 141 Å². The van der Waals surface area contributed by atoms with Crippen LogP contribution in [-0.2, 0) is 29.4 Å². The predicted molar refractivity (Wildman–Crippen MR) is 145 cm³/mol. The summed E-state index contributed by atoms with van der Waals surface area (Å²) >= 11 is 0. The van der Waals surface area contributed by atoms with Crippen molar-refractivity contribution in [2.24, 2.45) is 0 Å². The molecule has 4 aromatic rings. The van der Waals surface area contributed by atoms with Gasteiger partial charge in [-0.25, -0.2) is 4.79 Å². The smallest absolute Gasteiger partial charge is 0.330 e. The SMILES string of the molecule is CS(=O)(=O)O[C@H]1C[C@H](n2cc(F)c(=O)[nH]c2=O)O[C@@H]1COC(c1ccccc1)(c1ccccc1)c1ccccc1. The molecule has 0 aliphatic carbocycles. The van der Waals surface area contributed by atoms with Crippen molar-refractivity contribution in [3.63, 3.8) is 0 Å². The number of rotatable bonds is 9. The molecule has 0 bridgehead atoms. The molecule has 1 aliphatic rings. The van der Waals surface area contributed by atoms with Crippen LogP contribution in [0, 0.1) is 5.82 Å². The van der Waals surface area contributed by atoms with E-state index in [1.54, 1.807) is 0 Å². The quantitative estimate of drug-likeness (QED) is 0.244. The maximum atomic E-state index is 14.0. The number of H-pyrrole nitrogens is 1. The van der Waals surface area contributed by atoms with Crippen LogP contribution >= 0.6 is 0 Å². The van der Waals surface area contributed by atoms with E-state index in [1.807, 2.05) is 96.0 Å². The van der Waals surface area contributed by atoms with Gasteiger partial charge in [0.1, 0.15) is 24.0 Å². The number of benzene rings is 3. The highest BCUT2D eigenvalue weighted by Crippen LogP contribution is 2.42. The van der Waals surface area contributed by atoms with E-state index in [9.17, 15) is 22.4 Å². The summed E-state index contributed by atoms with van der Waals surface area (Å²) in [6.07, 6.45) is -1.61. The lowest BCUT2D eigenvalue weighted by Gasteiger charge is -2.37. The minimum atomic E-state index is -3.94. The lowest BCUT2D eigenvalue weighted by molar-refractivity contribution is -0.0911. The monoisotopic (exact) mass is 566 g/mol. The largest absolute Gasteiger partial charge is 0.358 e. The minimum Gasteiger partial charge on any atom is -0.358 e. The number of hydrogen-bond donors (Lipinski definition) is 1. The van der Waals surface area contributed by atoms with Crippen molar-refractivity contribution >= 4 is 10.1 Å². The molecule has 1 saturated heterocycles. The molecule has 11 heteroatoms. The molecule has 3 atom stereocenters. The zero-order valence-corrected chi connectivity index (χ0v) is 22.3. The van der Waals surface area contributed by atoms with Gasteiger partial charge in [0, 0.05) is 6.42 Å². The van der Waals surface area contributed by atoms with Gasteiger partial charge in [-0.05, 0) is 16.7 Å². The predicted octanol–water partition coefficient (Wildman–Crippen LogP) is 3.32. The second-order valence-electron chi connectivity index (χ2n) is 9.44. The number of halogens is 1. The van der Waals surface area contributed by atoms with Crippen LogP contribution in [0.3, 0.4) is 0 Å². The Morgan fingerprint density at radius 1 is 0.925 bits per heavy atom. The Balaban J connectivity index is 1.56. The molecule has 0 spiro atoms. The van der Waals surface area contributed by atoms with Gasteiger partial charge in [-0.1, -0.05) is 91.0 Å². The van der Waals surface area contributed by atoms with Crippen molar-refractivity contribution in [1.82, 2.24) is 9.55 Å². The first kappa shape index (κ1) is 27.7. The Bertz CT molecular complexity index is 1580. The van der Waals surface area contributed by atoms with Crippen LogP contribution in [0.4, 0.5) is 4.39 Å². The molecule has 0 radical (unpaired) electrons. The van der Waals surface area contributed by atoms with Crippen LogP contribution < -0.4 is 11.2 Å². The van der Waals surface area contributed by atoms with E-state index < -0.39 is 51.2 Å². The van der Waals surface area contributed by atoms with Crippen LogP contribution in [0.2, 0.25) is 0 Å². The van der Waals surface area contributed by atoms with Gasteiger partial charge in [0.15, 0.2) is 0 Å². The van der Waals surface area contributed by atoms with Crippen LogP contribution in [0.1, 0.15) is 29.3 Å². The number of aromatic amines is 1. The molecule has 1 aliphatic heterocycles. The zero-order valence-electron chi connectivity index (χ0n) is 21.5. The fourth-order valence-electron chi connectivity index (χ4n) is 5.00. The summed E-state index contributed by atoms with van der Waals surface area (Å²) in [5, 5.41) is 0. The molecule has 5 rings (SSSR count). The summed E-state index contributed by atoms with van der Waals surface area (Å²) in [5.74, 6) is -1.18. The molecule has 1 aromatic heterocycles. The summed E-state index contributed by atoms with van der Waals surface area (Å²) in [6, 6.07) is 28.7. The summed E-state index contributed by atoms with van der Waals surface area (Å²) in [7, 11) is -3.94. The summed E-state index contributed by atoms with van der Waals surface area (Å²) < 4.78 is 57.3. The number of hydrogen-bond acceptors (Lipinski definition) is 7. The van der Waals surface area contributed by atoms with Crippen molar-refractivity contribution in [3.8, 4) is 0 Å². The molecule has 208 valence electrons. The van der Waals surface area contributed by atoms with E-state index in [-0.39, 0.29) is 13.0 Å². The number of nitrogens with one attached hydrogen (secondary N) is 1. The van der Waals surface area contributed by atoms with Gasteiger partial charge in [-0.2, -0.15) is 12.8 Å². The van der Waals surface area contributed by atoms with E-state index >= 15 is 0 Å². The molecule has 0 saturated carbocycles. The maximum Gasteiger partial charge on any atom is 0.330 e. The Kier molecular flexibility index (Phi) is 7.81. The van der Waals surface area contributed by atoms with Gasteiger partial charge in [0.05, 0.1) is 19.1 Å². The Morgan fingerprint density at radius 3 is 1.90 bits per heavy atom. The second-order valence-corrected chi connectivity index (χ2v) is 11.0. The van der Waals surface area contributed by atoms with E-state index in [2.05, 4.69) is 0 Å². The zero-order chi connectivity index (χ0) is 28.3. The summed E-state index contributed by atoms with van der Waals surface area (Å²) in [6.45, 7) is -0.157. The van der Waals surface area contributed by atoms with E-state index in [0.717, 1.165) is 33.7 Å². The molecule has 40 heavy (non-hydrogen) atoms. The molecule has 1 N–H and O–H groups in total. The molecular weight excluding hydrogens is 539 g/mol. The Hall–Kier alpha value is -3.90. The number of nitrogens with zero attached hydrogens (tertiary/aromatic N) is 1. The molecule has 1 fully saturated rings. The normalized spacial score (nSPS) is 19.5. The summed E-state index contributed by atoms with van der Waals surface area (Å²) in [4.78, 5) is 25.8. The number of ether oxygens (including phenoxy) is 2. The maximum absolute atomic E-state index is 14.0. The lowest BCUT2D eigenvalue weighted by Crippen LogP contribution is -2.39. The highest BCUT2D eigenvalue weighted by molar-refractivity contribution is 7.86. The van der Waals surface area contributed by atoms with Crippen LogP contribution in [0.5, 0.6) is 0 Å². The molecular formula is C29H27FN2O7S. The van der Waals surface area contributed by atoms with E-state index in [0.29, 0.717) is 0 Å². The van der Waals surface area contributed by atoms with Gasteiger partial charge >= 0.3 is 5.69 Å². The van der Waals surface area contributed by atoms with Gasteiger partial charge in [0.25, 0.3) is 15.7 Å². The van der Waals surface area contributed by atoms with Crippen molar-refractivity contribution in [1.29, 1.82) is 0 Å². The Morgan fingerprint density at radius 2 is 1.43 bits per heavy atom. The van der Waals surface area contributed by atoms with Crippen LogP contribution in [-0.4, -0.2) is 43.0 Å². The van der Waals surface area contributed by atoms with Gasteiger partial charge in [0.2, 0.25) is 5.82 Å². The third-order valence-electron chi connectivity index (χ3n) is 6.72. The minimum absolute atomic E-state index is 0.110. The van der Waals surface area contributed by atoms with Gasteiger partial charge in [-0.15, -0.1) is 0 Å². The highest BCUT2D eigenvalue weighted by atomic mass is 32.2. The molecule has 2 heterocycles. The fourth-order valence-corrected chi connectivity index (χ4v) is 5.65. The molecule has 9 nitrogen and oxygen atoms in total. The first-order valence-electron chi connectivity index (χ1n) is 12.5. The third kappa shape index (κ3) is 5.68. The van der Waals surface area contributed by atoms with Crippen molar-refractivity contribution in [2.75, 3.05) is 12.9 Å². The molecule has 0 amide bonds. The molecule has 3 aromatic carbocycles. The average molecular weight is 567 g/mol. The van der Waals surface area contributed by atoms with E-state index in [4.69, 9.17) is 13.7 Å². The first-order chi connectivity index (χ1) is 19.2. The molecule has 0 unspecified atom stereocenters. The van der Waals surface area contributed by atoms with Gasteiger partial charge in [-0.3, -0.25) is 18.5 Å². The van der Waals surface area contributed by atoms with Crippen molar-refractivity contribution in [2.45, 2.75) is 30.5 Å². The van der Waals surface area contributed by atoms with Crippen LogP contribution in [0.15, 0.2) is 107 Å². The third-order valence-corrected chi connectivity index (χ3v) is 7.32. The number of aromatic nitrogens is 2. The van der Waals surface area contributed by atoms with E-state index in [1.165, 1.54) is 0 Å². The highest BCUT2D eigenvalue weighted by Gasteiger charge is 2.44. The van der Waals surface area contributed by atoms with Crippen molar-refractivity contribution < 1.29 is 26.5 Å². The fraction of sp³-hybridized carbons (Fsp3) is 0.241. The Labute approximate surface area is 229 Å². The topological polar surface area (TPSA) is 117 Å².